The number of hydrogen-bond donors (Lipinski definition) is 1. The van der Waals surface area contributed by atoms with Gasteiger partial charge in [-0.25, -0.2) is 4.79 Å². The number of pyridine rings is 1. The fourth-order valence-corrected chi connectivity index (χ4v) is 3.38. The van der Waals surface area contributed by atoms with Crippen LogP contribution in [-0.4, -0.2) is 59.0 Å². The first-order valence-electron chi connectivity index (χ1n) is 8.48. The number of aromatic nitrogens is 1. The number of carbonyl (C=O) groups is 2. The molecule has 0 saturated carbocycles. The highest BCUT2D eigenvalue weighted by atomic mass is 16.2. The molecule has 1 aromatic rings. The first kappa shape index (κ1) is 16.5. The minimum Gasteiger partial charge on any atom is -0.346 e. The predicted molar refractivity (Wildman–Crippen MR) is 89.6 cm³/mol. The molecular weight excluding hydrogens is 308 g/mol. The Hall–Kier alpha value is -2.31. The minimum absolute atomic E-state index is 0.0343. The molecule has 7 nitrogen and oxygen atoms in total. The van der Waals surface area contributed by atoms with E-state index in [4.69, 9.17) is 0 Å². The number of carbonyl (C=O) groups excluding carboxylic acids is 2. The van der Waals surface area contributed by atoms with Crippen molar-refractivity contribution in [2.45, 2.75) is 31.8 Å². The molecule has 2 aliphatic heterocycles. The number of nitrogens with one attached hydrogen (secondary N) is 1. The number of likely N-dealkylation sites (tertiary alicyclic amines) is 1. The van der Waals surface area contributed by atoms with Gasteiger partial charge in [0.1, 0.15) is 0 Å². The molecule has 0 aliphatic carbocycles. The molecule has 2 fully saturated rings. The van der Waals surface area contributed by atoms with Gasteiger partial charge in [0.05, 0.1) is 6.04 Å². The maximum Gasteiger partial charge on any atom is 0.317 e. The zero-order valence-corrected chi connectivity index (χ0v) is 14.0. The standard InChI is InChI=1S/C17H24N4O3/c1-19-8-5-13(10-16(19)23)11-21-9-6-14(18-17(21)24)12-20-7-3-2-4-15(20)22/h2-4,7,13-14H,5-6,8-12H2,1H3,(H,18,24). The van der Waals surface area contributed by atoms with Gasteiger partial charge in [-0.2, -0.15) is 0 Å². The summed E-state index contributed by atoms with van der Waals surface area (Å²) in [5, 5.41) is 2.98. The zero-order chi connectivity index (χ0) is 17.1. The van der Waals surface area contributed by atoms with Gasteiger partial charge in [0.2, 0.25) is 5.91 Å². The molecule has 2 saturated heterocycles. The Kier molecular flexibility index (Phi) is 4.87. The summed E-state index contributed by atoms with van der Waals surface area (Å²) in [5.41, 5.74) is -0.0565. The number of amides is 3. The normalized spacial score (nSPS) is 24.9. The smallest absolute Gasteiger partial charge is 0.317 e. The molecular formula is C17H24N4O3. The van der Waals surface area contributed by atoms with Gasteiger partial charge >= 0.3 is 6.03 Å². The van der Waals surface area contributed by atoms with E-state index in [0.29, 0.717) is 26.1 Å². The summed E-state index contributed by atoms with van der Waals surface area (Å²) in [6, 6.07) is 4.92. The molecule has 2 unspecified atom stereocenters. The largest absolute Gasteiger partial charge is 0.346 e. The van der Waals surface area contributed by atoms with Crippen molar-refractivity contribution in [1.29, 1.82) is 0 Å². The van der Waals surface area contributed by atoms with Crippen LogP contribution in [0.25, 0.3) is 0 Å². The third-order valence-electron chi connectivity index (χ3n) is 4.92. The second-order valence-corrected chi connectivity index (χ2v) is 6.75. The Balaban J connectivity index is 1.52. The van der Waals surface area contributed by atoms with E-state index in [0.717, 1.165) is 19.4 Å². The maximum absolute atomic E-state index is 12.3. The monoisotopic (exact) mass is 332 g/mol. The Morgan fingerprint density at radius 2 is 1.96 bits per heavy atom. The van der Waals surface area contributed by atoms with E-state index in [9.17, 15) is 14.4 Å². The predicted octanol–water partition coefficient (Wildman–Crippen LogP) is 0.501. The highest BCUT2D eigenvalue weighted by Gasteiger charge is 2.30. The minimum atomic E-state index is -0.0957. The second kappa shape index (κ2) is 7.07. The van der Waals surface area contributed by atoms with Crippen molar-refractivity contribution in [2.75, 3.05) is 26.7 Å². The Morgan fingerprint density at radius 1 is 1.12 bits per heavy atom. The van der Waals surface area contributed by atoms with Gasteiger partial charge in [0.15, 0.2) is 0 Å². The van der Waals surface area contributed by atoms with E-state index >= 15 is 0 Å². The van der Waals surface area contributed by atoms with Crippen LogP contribution in [-0.2, 0) is 11.3 Å². The number of piperidine rings is 1. The third-order valence-corrected chi connectivity index (χ3v) is 4.92. The van der Waals surface area contributed by atoms with Crippen LogP contribution >= 0.6 is 0 Å². The van der Waals surface area contributed by atoms with E-state index in [1.165, 1.54) is 6.07 Å². The second-order valence-electron chi connectivity index (χ2n) is 6.75. The van der Waals surface area contributed by atoms with Crippen LogP contribution < -0.4 is 10.9 Å². The Bertz CT molecular complexity index is 672. The summed E-state index contributed by atoms with van der Waals surface area (Å²) >= 11 is 0. The molecule has 2 aliphatic rings. The molecule has 1 aromatic heterocycles. The van der Waals surface area contributed by atoms with Gasteiger partial charge in [0.25, 0.3) is 5.56 Å². The third kappa shape index (κ3) is 3.77. The van der Waals surface area contributed by atoms with Gasteiger partial charge in [-0.15, -0.1) is 0 Å². The first-order valence-corrected chi connectivity index (χ1v) is 8.48. The molecule has 1 N–H and O–H groups in total. The van der Waals surface area contributed by atoms with Gasteiger partial charge in [-0.05, 0) is 24.8 Å². The van der Waals surface area contributed by atoms with E-state index in [-0.39, 0.29) is 29.5 Å². The van der Waals surface area contributed by atoms with Gasteiger partial charge < -0.3 is 19.7 Å². The van der Waals surface area contributed by atoms with Crippen molar-refractivity contribution in [1.82, 2.24) is 19.7 Å². The van der Waals surface area contributed by atoms with E-state index in [2.05, 4.69) is 5.32 Å². The molecule has 130 valence electrons. The van der Waals surface area contributed by atoms with E-state index < -0.39 is 0 Å². The summed E-state index contributed by atoms with van der Waals surface area (Å²) in [6.45, 7) is 2.55. The van der Waals surface area contributed by atoms with E-state index in [1.54, 1.807) is 26.6 Å². The highest BCUT2D eigenvalue weighted by molar-refractivity contribution is 5.77. The van der Waals surface area contributed by atoms with Crippen LogP contribution in [0.5, 0.6) is 0 Å². The number of rotatable bonds is 4. The molecule has 24 heavy (non-hydrogen) atoms. The molecule has 0 spiro atoms. The Morgan fingerprint density at radius 3 is 2.67 bits per heavy atom. The molecule has 3 amide bonds. The lowest BCUT2D eigenvalue weighted by molar-refractivity contribution is -0.133. The number of hydrogen-bond acceptors (Lipinski definition) is 3. The number of urea groups is 1. The lowest BCUT2D eigenvalue weighted by Gasteiger charge is -2.37. The average molecular weight is 332 g/mol. The van der Waals surface area contributed by atoms with Crippen LogP contribution in [0.2, 0.25) is 0 Å². The van der Waals surface area contributed by atoms with Crippen LogP contribution in [0.4, 0.5) is 4.79 Å². The van der Waals surface area contributed by atoms with E-state index in [1.807, 2.05) is 13.1 Å². The lowest BCUT2D eigenvalue weighted by atomic mass is 9.95. The van der Waals surface area contributed by atoms with Crippen LogP contribution in [0.1, 0.15) is 19.3 Å². The van der Waals surface area contributed by atoms with Gasteiger partial charge in [-0.3, -0.25) is 9.59 Å². The lowest BCUT2D eigenvalue weighted by Crippen LogP contribution is -2.55. The number of nitrogens with zero attached hydrogens (tertiary/aromatic N) is 3. The molecule has 0 radical (unpaired) electrons. The first-order chi connectivity index (χ1) is 11.5. The van der Waals surface area contributed by atoms with Crippen molar-refractivity contribution < 1.29 is 9.59 Å². The van der Waals surface area contributed by atoms with Crippen molar-refractivity contribution in [3.05, 3.63) is 34.7 Å². The molecule has 7 heteroatoms. The average Bonchev–Trinajstić information content (AvgIpc) is 2.56. The summed E-state index contributed by atoms with van der Waals surface area (Å²) < 4.78 is 1.62. The molecule has 2 atom stereocenters. The molecule has 0 bridgehead atoms. The van der Waals surface area contributed by atoms with Crippen LogP contribution in [0.3, 0.4) is 0 Å². The fourth-order valence-electron chi connectivity index (χ4n) is 3.38. The quantitative estimate of drug-likeness (QED) is 0.872. The van der Waals surface area contributed by atoms with Gasteiger partial charge in [-0.1, -0.05) is 6.07 Å². The molecule has 3 rings (SSSR count). The molecule has 3 heterocycles. The summed E-state index contributed by atoms with van der Waals surface area (Å²) in [6.07, 6.45) is 4.00. The van der Waals surface area contributed by atoms with Crippen molar-refractivity contribution in [3.8, 4) is 0 Å². The van der Waals surface area contributed by atoms with Gasteiger partial charge in [0, 0.05) is 51.9 Å². The Labute approximate surface area is 141 Å². The fraction of sp³-hybridized carbons (Fsp3) is 0.588. The van der Waals surface area contributed by atoms with Crippen LogP contribution in [0, 0.1) is 5.92 Å². The topological polar surface area (TPSA) is 74.7 Å². The van der Waals surface area contributed by atoms with Crippen molar-refractivity contribution in [3.63, 3.8) is 0 Å². The summed E-state index contributed by atoms with van der Waals surface area (Å²) in [4.78, 5) is 39.4. The SMILES string of the molecule is CN1CCC(CN2CCC(Cn3ccccc3=O)NC2=O)CC1=O. The highest BCUT2D eigenvalue weighted by Crippen LogP contribution is 2.20. The van der Waals surface area contributed by atoms with Crippen LogP contribution in [0.15, 0.2) is 29.2 Å². The maximum atomic E-state index is 12.3. The van der Waals surface area contributed by atoms with Crippen molar-refractivity contribution >= 4 is 11.9 Å². The molecule has 0 aromatic carbocycles. The zero-order valence-electron chi connectivity index (χ0n) is 14.0. The van der Waals surface area contributed by atoms with Crippen molar-refractivity contribution in [2.24, 2.45) is 5.92 Å². The summed E-state index contributed by atoms with van der Waals surface area (Å²) in [7, 11) is 1.82. The summed E-state index contributed by atoms with van der Waals surface area (Å²) in [5.74, 6) is 0.401.